The quantitative estimate of drug-likeness (QED) is 0.652. The Hall–Kier alpha value is -3.41. The first-order valence-electron chi connectivity index (χ1n) is 9.12. The molecule has 0 saturated carbocycles. The summed E-state index contributed by atoms with van der Waals surface area (Å²) in [5.41, 5.74) is 4.54. The molecule has 0 aliphatic rings. The predicted molar refractivity (Wildman–Crippen MR) is 111 cm³/mol. The topological polar surface area (TPSA) is 76.1 Å². The minimum atomic E-state index is -0.227. The normalized spacial score (nSPS) is 10.4. The molecule has 1 amide bonds. The van der Waals surface area contributed by atoms with Crippen LogP contribution in [0.15, 0.2) is 54.9 Å². The average Bonchev–Trinajstić information content (AvgIpc) is 2.71. The molecular formula is C22H24N4O2. The summed E-state index contributed by atoms with van der Waals surface area (Å²) in [6, 6.07) is 13.8. The number of aromatic nitrogens is 2. The number of nitrogens with zero attached hydrogens (tertiary/aromatic N) is 2. The van der Waals surface area contributed by atoms with Gasteiger partial charge in [0.05, 0.1) is 12.7 Å². The van der Waals surface area contributed by atoms with E-state index in [1.54, 1.807) is 7.11 Å². The van der Waals surface area contributed by atoms with E-state index in [1.165, 1.54) is 12.4 Å². The minimum absolute atomic E-state index is 0.227. The Balaban J connectivity index is 1.54. The zero-order chi connectivity index (χ0) is 19.9. The highest BCUT2D eigenvalue weighted by Crippen LogP contribution is 2.17. The standard InChI is InChI=1S/C22H24N4O2/c1-15-7-8-20(16(2)11-15)26-21(27)18-13-24-22(25-14-18)23-10-9-17-5-4-6-19(12-17)28-3/h4-8,11-14H,9-10H2,1-3H3,(H,26,27)(H,23,24,25). The second-order valence-corrected chi connectivity index (χ2v) is 6.60. The van der Waals surface area contributed by atoms with E-state index in [-0.39, 0.29) is 5.91 Å². The Bertz CT molecular complexity index is 955. The molecule has 0 fully saturated rings. The molecule has 0 saturated heterocycles. The highest BCUT2D eigenvalue weighted by Gasteiger charge is 2.09. The molecule has 2 N–H and O–H groups in total. The maximum Gasteiger partial charge on any atom is 0.258 e. The van der Waals surface area contributed by atoms with Crippen LogP contribution in [0, 0.1) is 13.8 Å². The molecule has 6 heteroatoms. The smallest absolute Gasteiger partial charge is 0.258 e. The number of benzene rings is 2. The number of anilines is 2. The zero-order valence-corrected chi connectivity index (χ0v) is 16.3. The Kier molecular flexibility index (Phi) is 6.22. The summed E-state index contributed by atoms with van der Waals surface area (Å²) in [5, 5.41) is 6.06. The van der Waals surface area contributed by atoms with Crippen molar-refractivity contribution in [3.8, 4) is 5.75 Å². The second-order valence-electron chi connectivity index (χ2n) is 6.60. The lowest BCUT2D eigenvalue weighted by molar-refractivity contribution is 0.102. The van der Waals surface area contributed by atoms with E-state index in [4.69, 9.17) is 4.74 Å². The molecule has 0 atom stereocenters. The van der Waals surface area contributed by atoms with E-state index in [1.807, 2.05) is 56.3 Å². The van der Waals surface area contributed by atoms with Gasteiger partial charge in [-0.3, -0.25) is 4.79 Å². The number of amides is 1. The van der Waals surface area contributed by atoms with Gasteiger partial charge in [0.15, 0.2) is 0 Å². The van der Waals surface area contributed by atoms with Crippen LogP contribution in [0.5, 0.6) is 5.75 Å². The summed E-state index contributed by atoms with van der Waals surface area (Å²) < 4.78 is 5.23. The van der Waals surface area contributed by atoms with Crippen LogP contribution in [0.25, 0.3) is 0 Å². The van der Waals surface area contributed by atoms with Crippen molar-refractivity contribution in [1.29, 1.82) is 0 Å². The summed E-state index contributed by atoms with van der Waals surface area (Å²) in [5.74, 6) is 1.11. The Morgan fingerprint density at radius 2 is 1.86 bits per heavy atom. The van der Waals surface area contributed by atoms with Gasteiger partial charge in [0, 0.05) is 24.6 Å². The maximum absolute atomic E-state index is 12.4. The fourth-order valence-electron chi connectivity index (χ4n) is 2.83. The molecule has 0 aliphatic carbocycles. The number of ether oxygens (including phenoxy) is 1. The molecule has 0 radical (unpaired) electrons. The fraction of sp³-hybridized carbons (Fsp3) is 0.227. The van der Waals surface area contributed by atoms with Crippen LogP contribution in [-0.2, 0) is 6.42 Å². The first kappa shape index (κ1) is 19.4. The number of hydrogen-bond donors (Lipinski definition) is 2. The summed E-state index contributed by atoms with van der Waals surface area (Å²) in [7, 11) is 1.66. The molecule has 28 heavy (non-hydrogen) atoms. The number of carbonyl (C=O) groups is 1. The van der Waals surface area contributed by atoms with Crippen LogP contribution < -0.4 is 15.4 Å². The van der Waals surface area contributed by atoms with Crippen LogP contribution >= 0.6 is 0 Å². The minimum Gasteiger partial charge on any atom is -0.497 e. The van der Waals surface area contributed by atoms with Crippen molar-refractivity contribution in [3.63, 3.8) is 0 Å². The van der Waals surface area contributed by atoms with Crippen LogP contribution in [0.4, 0.5) is 11.6 Å². The van der Waals surface area contributed by atoms with E-state index < -0.39 is 0 Å². The molecule has 3 aromatic rings. The van der Waals surface area contributed by atoms with E-state index in [2.05, 4.69) is 20.6 Å². The van der Waals surface area contributed by atoms with Crippen molar-refractivity contribution >= 4 is 17.5 Å². The van der Waals surface area contributed by atoms with Crippen molar-refractivity contribution in [2.24, 2.45) is 0 Å². The lowest BCUT2D eigenvalue weighted by Crippen LogP contribution is -2.14. The van der Waals surface area contributed by atoms with Gasteiger partial charge in [-0.1, -0.05) is 29.8 Å². The van der Waals surface area contributed by atoms with E-state index in [0.29, 0.717) is 18.1 Å². The lowest BCUT2D eigenvalue weighted by atomic mass is 10.1. The van der Waals surface area contributed by atoms with Crippen molar-refractivity contribution in [2.45, 2.75) is 20.3 Å². The van der Waals surface area contributed by atoms with Gasteiger partial charge < -0.3 is 15.4 Å². The van der Waals surface area contributed by atoms with Crippen molar-refractivity contribution in [1.82, 2.24) is 9.97 Å². The number of hydrogen-bond acceptors (Lipinski definition) is 5. The van der Waals surface area contributed by atoms with Crippen LogP contribution in [0.2, 0.25) is 0 Å². The first-order chi connectivity index (χ1) is 13.5. The second kappa shape index (κ2) is 8.99. The number of nitrogens with one attached hydrogen (secondary N) is 2. The molecule has 0 bridgehead atoms. The molecule has 144 valence electrons. The number of rotatable bonds is 7. The number of carbonyl (C=O) groups excluding carboxylic acids is 1. The van der Waals surface area contributed by atoms with Crippen molar-refractivity contribution in [3.05, 3.63) is 77.1 Å². The van der Waals surface area contributed by atoms with Gasteiger partial charge in [0.2, 0.25) is 5.95 Å². The molecule has 0 unspecified atom stereocenters. The highest BCUT2D eigenvalue weighted by molar-refractivity contribution is 6.04. The fourth-order valence-corrected chi connectivity index (χ4v) is 2.83. The third-order valence-electron chi connectivity index (χ3n) is 4.38. The van der Waals surface area contributed by atoms with Gasteiger partial charge in [-0.25, -0.2) is 9.97 Å². The van der Waals surface area contributed by atoms with Crippen LogP contribution in [0.3, 0.4) is 0 Å². The van der Waals surface area contributed by atoms with E-state index in [9.17, 15) is 4.79 Å². The maximum atomic E-state index is 12.4. The summed E-state index contributed by atoms with van der Waals surface area (Å²) in [4.78, 5) is 20.9. The molecule has 1 heterocycles. The molecule has 3 rings (SSSR count). The van der Waals surface area contributed by atoms with Crippen LogP contribution in [0.1, 0.15) is 27.0 Å². The number of methoxy groups -OCH3 is 1. The molecule has 0 spiro atoms. The summed E-state index contributed by atoms with van der Waals surface area (Å²) in [6.07, 6.45) is 3.87. The average molecular weight is 376 g/mol. The summed E-state index contributed by atoms with van der Waals surface area (Å²) >= 11 is 0. The monoisotopic (exact) mass is 376 g/mol. The predicted octanol–water partition coefficient (Wildman–Crippen LogP) is 4.01. The molecule has 2 aromatic carbocycles. The van der Waals surface area contributed by atoms with Gasteiger partial charge in [0.25, 0.3) is 5.91 Å². The highest BCUT2D eigenvalue weighted by atomic mass is 16.5. The number of aryl methyl sites for hydroxylation is 2. The van der Waals surface area contributed by atoms with E-state index in [0.717, 1.165) is 34.5 Å². The molecule has 6 nitrogen and oxygen atoms in total. The molecule has 1 aromatic heterocycles. The Morgan fingerprint density at radius 3 is 2.57 bits per heavy atom. The zero-order valence-electron chi connectivity index (χ0n) is 16.3. The Morgan fingerprint density at radius 1 is 1.07 bits per heavy atom. The SMILES string of the molecule is COc1cccc(CCNc2ncc(C(=O)Nc3ccc(C)cc3C)cn2)c1. The molecule has 0 aliphatic heterocycles. The van der Waals surface area contributed by atoms with Gasteiger partial charge in [-0.2, -0.15) is 0 Å². The van der Waals surface area contributed by atoms with E-state index >= 15 is 0 Å². The van der Waals surface area contributed by atoms with Crippen molar-refractivity contribution < 1.29 is 9.53 Å². The van der Waals surface area contributed by atoms with Gasteiger partial charge in [0.1, 0.15) is 5.75 Å². The lowest BCUT2D eigenvalue weighted by Gasteiger charge is -2.09. The van der Waals surface area contributed by atoms with Gasteiger partial charge >= 0.3 is 0 Å². The molecular weight excluding hydrogens is 352 g/mol. The largest absolute Gasteiger partial charge is 0.497 e. The van der Waals surface area contributed by atoms with Crippen molar-refractivity contribution in [2.75, 3.05) is 24.3 Å². The van der Waals surface area contributed by atoms with Gasteiger partial charge in [-0.15, -0.1) is 0 Å². The third-order valence-corrected chi connectivity index (χ3v) is 4.38. The van der Waals surface area contributed by atoms with Crippen LogP contribution in [-0.4, -0.2) is 29.5 Å². The van der Waals surface area contributed by atoms with Gasteiger partial charge in [-0.05, 0) is 49.6 Å². The first-order valence-corrected chi connectivity index (χ1v) is 9.12. The third kappa shape index (κ3) is 5.07. The Labute approximate surface area is 165 Å². The summed E-state index contributed by atoms with van der Waals surface area (Å²) in [6.45, 7) is 4.67.